The monoisotopic (exact) mass is 300 g/mol. The lowest BCUT2D eigenvalue weighted by atomic mass is 9.91. The molecule has 0 N–H and O–H groups in total. The SMILES string of the molecule is COc1ccc2c(ccn2CC2C(C)CC(C)CCN2C)c1. The summed E-state index contributed by atoms with van der Waals surface area (Å²) in [5.41, 5.74) is 1.30. The molecule has 0 radical (unpaired) electrons. The van der Waals surface area contributed by atoms with Gasteiger partial charge in [-0.1, -0.05) is 13.8 Å². The van der Waals surface area contributed by atoms with Crippen molar-refractivity contribution in [1.82, 2.24) is 9.47 Å². The Bertz CT molecular complexity index is 633. The fourth-order valence-corrected chi connectivity index (χ4v) is 3.92. The van der Waals surface area contributed by atoms with Crippen LogP contribution in [0, 0.1) is 11.8 Å². The van der Waals surface area contributed by atoms with Gasteiger partial charge in [0.15, 0.2) is 0 Å². The summed E-state index contributed by atoms with van der Waals surface area (Å²) in [5, 5.41) is 1.26. The van der Waals surface area contributed by atoms with E-state index < -0.39 is 0 Å². The molecule has 1 aromatic carbocycles. The van der Waals surface area contributed by atoms with Gasteiger partial charge in [-0.3, -0.25) is 0 Å². The van der Waals surface area contributed by atoms with Crippen molar-refractivity contribution < 1.29 is 4.74 Å². The highest BCUT2D eigenvalue weighted by Gasteiger charge is 2.27. The molecule has 3 nitrogen and oxygen atoms in total. The van der Waals surface area contributed by atoms with Crippen LogP contribution < -0.4 is 4.74 Å². The first kappa shape index (κ1) is 15.4. The lowest BCUT2D eigenvalue weighted by Gasteiger charge is -2.31. The third-order valence-electron chi connectivity index (χ3n) is 5.33. The molecule has 120 valence electrons. The molecule has 0 aliphatic carbocycles. The molecule has 3 heteroatoms. The van der Waals surface area contributed by atoms with E-state index in [-0.39, 0.29) is 0 Å². The molecule has 1 aromatic heterocycles. The van der Waals surface area contributed by atoms with Gasteiger partial charge in [0.05, 0.1) is 7.11 Å². The summed E-state index contributed by atoms with van der Waals surface area (Å²) in [4.78, 5) is 2.56. The minimum absolute atomic E-state index is 0.614. The van der Waals surface area contributed by atoms with Gasteiger partial charge in [0.1, 0.15) is 5.75 Å². The van der Waals surface area contributed by atoms with Crippen LogP contribution in [0.1, 0.15) is 26.7 Å². The van der Waals surface area contributed by atoms with Crippen LogP contribution in [0.15, 0.2) is 30.5 Å². The maximum Gasteiger partial charge on any atom is 0.119 e. The number of likely N-dealkylation sites (N-methyl/N-ethyl adjacent to an activating group) is 1. The van der Waals surface area contributed by atoms with Gasteiger partial charge in [-0.2, -0.15) is 0 Å². The van der Waals surface area contributed by atoms with Crippen LogP contribution in [-0.2, 0) is 6.54 Å². The Labute approximate surface area is 133 Å². The summed E-state index contributed by atoms with van der Waals surface area (Å²) in [6.07, 6.45) is 4.88. The van der Waals surface area contributed by atoms with E-state index in [0.29, 0.717) is 6.04 Å². The van der Waals surface area contributed by atoms with Crippen LogP contribution in [-0.4, -0.2) is 36.2 Å². The smallest absolute Gasteiger partial charge is 0.119 e. The lowest BCUT2D eigenvalue weighted by molar-refractivity contribution is 0.179. The van der Waals surface area contributed by atoms with E-state index in [9.17, 15) is 0 Å². The van der Waals surface area contributed by atoms with Gasteiger partial charge in [-0.25, -0.2) is 0 Å². The van der Waals surface area contributed by atoms with Crippen molar-refractivity contribution in [2.45, 2.75) is 39.3 Å². The minimum Gasteiger partial charge on any atom is -0.497 e. The predicted molar refractivity (Wildman–Crippen MR) is 92.5 cm³/mol. The van der Waals surface area contributed by atoms with Gasteiger partial charge in [-0.05, 0) is 62.5 Å². The third kappa shape index (κ3) is 3.00. The molecule has 3 atom stereocenters. The molecule has 0 amide bonds. The zero-order chi connectivity index (χ0) is 15.7. The van der Waals surface area contributed by atoms with Crippen LogP contribution in [0.25, 0.3) is 10.9 Å². The second-order valence-corrected chi connectivity index (χ2v) is 7.05. The average Bonchev–Trinajstić information content (AvgIpc) is 2.86. The second kappa shape index (κ2) is 6.33. The number of aromatic nitrogens is 1. The van der Waals surface area contributed by atoms with Gasteiger partial charge >= 0.3 is 0 Å². The lowest BCUT2D eigenvalue weighted by Crippen LogP contribution is -2.39. The zero-order valence-corrected chi connectivity index (χ0v) is 14.2. The molecule has 1 aliphatic heterocycles. The fraction of sp³-hybridized carbons (Fsp3) is 0.579. The van der Waals surface area contributed by atoms with Gasteiger partial charge in [0.2, 0.25) is 0 Å². The van der Waals surface area contributed by atoms with Crippen molar-refractivity contribution in [3.63, 3.8) is 0 Å². The summed E-state index contributed by atoms with van der Waals surface area (Å²) in [7, 11) is 4.01. The van der Waals surface area contributed by atoms with Crippen LogP contribution in [0.3, 0.4) is 0 Å². The topological polar surface area (TPSA) is 17.4 Å². The zero-order valence-electron chi connectivity index (χ0n) is 14.2. The van der Waals surface area contributed by atoms with Crippen LogP contribution in [0.5, 0.6) is 5.75 Å². The highest BCUT2D eigenvalue weighted by Crippen LogP contribution is 2.28. The Morgan fingerprint density at radius 3 is 2.82 bits per heavy atom. The quantitative estimate of drug-likeness (QED) is 0.852. The van der Waals surface area contributed by atoms with Crippen molar-refractivity contribution in [2.24, 2.45) is 11.8 Å². The fourth-order valence-electron chi connectivity index (χ4n) is 3.92. The minimum atomic E-state index is 0.614. The summed E-state index contributed by atoms with van der Waals surface area (Å²) >= 11 is 0. The third-order valence-corrected chi connectivity index (χ3v) is 5.33. The number of benzene rings is 1. The number of rotatable bonds is 3. The number of likely N-dealkylation sites (tertiary alicyclic amines) is 1. The Balaban J connectivity index is 1.85. The Morgan fingerprint density at radius 2 is 2.05 bits per heavy atom. The Morgan fingerprint density at radius 1 is 1.23 bits per heavy atom. The largest absolute Gasteiger partial charge is 0.497 e. The second-order valence-electron chi connectivity index (χ2n) is 7.05. The first-order valence-corrected chi connectivity index (χ1v) is 8.41. The van der Waals surface area contributed by atoms with Crippen molar-refractivity contribution in [1.29, 1.82) is 0 Å². The molecule has 2 heterocycles. The summed E-state index contributed by atoms with van der Waals surface area (Å²) in [6.45, 7) is 7.09. The molecular weight excluding hydrogens is 272 g/mol. The molecule has 1 fully saturated rings. The normalized spacial score (nSPS) is 27.0. The highest BCUT2D eigenvalue weighted by atomic mass is 16.5. The van der Waals surface area contributed by atoms with E-state index in [4.69, 9.17) is 4.74 Å². The number of hydrogen-bond donors (Lipinski definition) is 0. The summed E-state index contributed by atoms with van der Waals surface area (Å²) in [6, 6.07) is 9.16. The number of nitrogens with zero attached hydrogens (tertiary/aromatic N) is 2. The van der Waals surface area contributed by atoms with Gasteiger partial charge in [0, 0.05) is 29.7 Å². The Hall–Kier alpha value is -1.48. The summed E-state index contributed by atoms with van der Waals surface area (Å²) < 4.78 is 7.73. The Kier molecular flexibility index (Phi) is 4.44. The van der Waals surface area contributed by atoms with E-state index in [1.54, 1.807) is 7.11 Å². The molecule has 3 unspecified atom stereocenters. The van der Waals surface area contributed by atoms with Crippen molar-refractivity contribution in [3.8, 4) is 5.75 Å². The number of methoxy groups -OCH3 is 1. The maximum atomic E-state index is 5.33. The average molecular weight is 300 g/mol. The molecule has 0 spiro atoms. The molecule has 3 rings (SSSR count). The first-order chi connectivity index (χ1) is 10.6. The number of fused-ring (bicyclic) bond motifs is 1. The molecule has 2 aromatic rings. The number of ether oxygens (including phenoxy) is 1. The van der Waals surface area contributed by atoms with E-state index in [2.05, 4.69) is 60.8 Å². The van der Waals surface area contributed by atoms with Crippen molar-refractivity contribution in [2.75, 3.05) is 20.7 Å². The van der Waals surface area contributed by atoms with Gasteiger partial charge in [0.25, 0.3) is 0 Å². The first-order valence-electron chi connectivity index (χ1n) is 8.41. The predicted octanol–water partition coefficient (Wildman–Crippen LogP) is 4.02. The molecule has 0 bridgehead atoms. The van der Waals surface area contributed by atoms with E-state index in [1.165, 1.54) is 30.3 Å². The van der Waals surface area contributed by atoms with E-state index in [1.807, 2.05) is 0 Å². The van der Waals surface area contributed by atoms with E-state index in [0.717, 1.165) is 24.1 Å². The molecule has 1 aliphatic rings. The molecule has 1 saturated heterocycles. The van der Waals surface area contributed by atoms with E-state index >= 15 is 0 Å². The molecular formula is C19H28N2O. The van der Waals surface area contributed by atoms with Gasteiger partial charge < -0.3 is 14.2 Å². The molecule has 22 heavy (non-hydrogen) atoms. The van der Waals surface area contributed by atoms with Crippen LogP contribution in [0.4, 0.5) is 0 Å². The van der Waals surface area contributed by atoms with Crippen LogP contribution in [0.2, 0.25) is 0 Å². The molecule has 0 saturated carbocycles. The van der Waals surface area contributed by atoms with Crippen molar-refractivity contribution in [3.05, 3.63) is 30.5 Å². The van der Waals surface area contributed by atoms with Crippen molar-refractivity contribution >= 4 is 10.9 Å². The standard InChI is InChI=1S/C19H28N2O/c1-14-7-9-20(3)19(15(2)11-14)13-21-10-8-16-12-17(22-4)5-6-18(16)21/h5-6,8,10,12,14-15,19H,7,9,11,13H2,1-4H3. The highest BCUT2D eigenvalue weighted by molar-refractivity contribution is 5.81. The maximum absolute atomic E-state index is 5.33. The number of hydrogen-bond acceptors (Lipinski definition) is 2. The van der Waals surface area contributed by atoms with Gasteiger partial charge in [-0.15, -0.1) is 0 Å². The van der Waals surface area contributed by atoms with Crippen LogP contribution >= 0.6 is 0 Å². The summed E-state index contributed by atoms with van der Waals surface area (Å²) in [5.74, 6) is 2.50.